The van der Waals surface area contributed by atoms with Gasteiger partial charge in [-0.2, -0.15) is 0 Å². The van der Waals surface area contributed by atoms with E-state index in [4.69, 9.17) is 9.05 Å². The van der Waals surface area contributed by atoms with Gasteiger partial charge in [0, 0.05) is 41.5 Å². The maximum absolute atomic E-state index is 12.7. The van der Waals surface area contributed by atoms with Crippen LogP contribution in [0.3, 0.4) is 0 Å². The Hall–Kier alpha value is -2.45. The van der Waals surface area contributed by atoms with Crippen LogP contribution in [0.25, 0.3) is 0 Å². The Bertz CT molecular complexity index is 968. The molecule has 0 spiro atoms. The number of aromatic nitrogens is 2. The summed E-state index contributed by atoms with van der Waals surface area (Å²) in [6, 6.07) is 1.88. The molecule has 1 aliphatic rings. The average molecular weight is 401 g/mol. The fourth-order valence-corrected chi connectivity index (χ4v) is 4.65. The number of carbonyl (C=O) groups is 1. The van der Waals surface area contributed by atoms with Crippen LogP contribution < -0.4 is 5.32 Å². The van der Waals surface area contributed by atoms with E-state index in [1.807, 2.05) is 32.2 Å². The zero-order chi connectivity index (χ0) is 19.7. The fourth-order valence-electron chi connectivity index (χ4n) is 3.53. The second-order valence-corrected chi connectivity index (χ2v) is 8.10. The summed E-state index contributed by atoms with van der Waals surface area (Å²) >= 11 is 1.66. The van der Waals surface area contributed by atoms with E-state index >= 15 is 0 Å². The first-order valence-corrected chi connectivity index (χ1v) is 10.4. The van der Waals surface area contributed by atoms with E-state index in [2.05, 4.69) is 20.5 Å². The second kappa shape index (κ2) is 7.89. The molecule has 0 saturated heterocycles. The van der Waals surface area contributed by atoms with Gasteiger partial charge in [-0.05, 0) is 32.3 Å². The summed E-state index contributed by atoms with van der Waals surface area (Å²) in [4.78, 5) is 16.3. The number of nitrogens with zero attached hydrogens (tertiary/aromatic N) is 3. The molecule has 0 atom stereocenters. The van der Waals surface area contributed by atoms with Crippen LogP contribution in [0.15, 0.2) is 20.5 Å². The number of hydrogen-bond donors (Lipinski definition) is 1. The molecule has 4 heterocycles. The molecule has 0 aliphatic carbocycles. The van der Waals surface area contributed by atoms with Crippen LogP contribution in [0, 0.1) is 13.8 Å². The molecule has 0 aromatic carbocycles. The van der Waals surface area contributed by atoms with E-state index in [0.29, 0.717) is 12.3 Å². The van der Waals surface area contributed by atoms with Gasteiger partial charge < -0.3 is 14.4 Å². The van der Waals surface area contributed by atoms with Crippen molar-refractivity contribution in [2.75, 3.05) is 6.54 Å². The van der Waals surface area contributed by atoms with Gasteiger partial charge in [0.1, 0.15) is 5.76 Å². The Morgan fingerprint density at radius 3 is 2.89 bits per heavy atom. The van der Waals surface area contributed by atoms with Gasteiger partial charge in [0.05, 0.1) is 23.5 Å². The molecule has 0 unspecified atom stereocenters. The van der Waals surface area contributed by atoms with Crippen LogP contribution in [0.5, 0.6) is 0 Å². The Morgan fingerprint density at radius 1 is 1.32 bits per heavy atom. The Labute approximate surface area is 167 Å². The predicted molar refractivity (Wildman–Crippen MR) is 105 cm³/mol. The highest BCUT2D eigenvalue weighted by Gasteiger charge is 2.25. The van der Waals surface area contributed by atoms with Gasteiger partial charge in [0.25, 0.3) is 5.91 Å². The number of thiophene rings is 1. The summed E-state index contributed by atoms with van der Waals surface area (Å²) in [5, 5.41) is 12.9. The number of carbonyl (C=O) groups excluding carboxylic acids is 1. The van der Waals surface area contributed by atoms with Gasteiger partial charge in [0.2, 0.25) is 0 Å². The second-order valence-electron chi connectivity index (χ2n) is 7.14. The minimum Gasteiger partial charge on any atom is -0.361 e. The third kappa shape index (κ3) is 3.74. The lowest BCUT2D eigenvalue weighted by Gasteiger charge is -2.27. The van der Waals surface area contributed by atoms with E-state index < -0.39 is 0 Å². The third-order valence-electron chi connectivity index (χ3n) is 5.23. The van der Waals surface area contributed by atoms with Gasteiger partial charge in [-0.25, -0.2) is 0 Å². The van der Waals surface area contributed by atoms with Gasteiger partial charge >= 0.3 is 0 Å². The molecule has 0 saturated carbocycles. The number of aryl methyl sites for hydroxylation is 3. The highest BCUT2D eigenvalue weighted by Crippen LogP contribution is 2.30. The zero-order valence-electron chi connectivity index (χ0n) is 16.4. The van der Waals surface area contributed by atoms with Crippen molar-refractivity contribution in [2.24, 2.45) is 0 Å². The van der Waals surface area contributed by atoms with Gasteiger partial charge in [0.15, 0.2) is 5.76 Å². The first kappa shape index (κ1) is 18.9. The first-order valence-electron chi connectivity index (χ1n) is 9.51. The highest BCUT2D eigenvalue weighted by atomic mass is 32.1. The summed E-state index contributed by atoms with van der Waals surface area (Å²) in [7, 11) is 0. The average Bonchev–Trinajstić information content (AvgIpc) is 3.41. The number of fused-ring (bicyclic) bond motifs is 1. The predicted octanol–water partition coefficient (Wildman–Crippen LogP) is 3.39. The topological polar surface area (TPSA) is 84.4 Å². The van der Waals surface area contributed by atoms with E-state index in [1.165, 1.54) is 10.4 Å². The lowest BCUT2D eigenvalue weighted by atomic mass is 10.0. The molecule has 0 bridgehead atoms. The van der Waals surface area contributed by atoms with Crippen molar-refractivity contribution in [2.45, 2.75) is 53.2 Å². The molecule has 8 heteroatoms. The summed E-state index contributed by atoms with van der Waals surface area (Å²) < 4.78 is 10.5. The van der Waals surface area contributed by atoms with E-state index in [0.717, 1.165) is 60.8 Å². The lowest BCUT2D eigenvalue weighted by Crippen LogP contribution is -2.31. The van der Waals surface area contributed by atoms with E-state index in [-0.39, 0.29) is 5.91 Å². The number of hydrogen-bond acceptors (Lipinski definition) is 7. The molecule has 7 nitrogen and oxygen atoms in total. The summed E-state index contributed by atoms with van der Waals surface area (Å²) in [5.41, 5.74) is 4.97. The van der Waals surface area contributed by atoms with Crippen molar-refractivity contribution >= 4 is 17.2 Å². The van der Waals surface area contributed by atoms with Gasteiger partial charge in [-0.3, -0.25) is 9.69 Å². The monoisotopic (exact) mass is 400 g/mol. The first-order chi connectivity index (χ1) is 13.5. The Morgan fingerprint density at radius 2 is 2.18 bits per heavy atom. The maximum atomic E-state index is 12.7. The van der Waals surface area contributed by atoms with Crippen molar-refractivity contribution in [1.29, 1.82) is 0 Å². The van der Waals surface area contributed by atoms with Crippen LogP contribution in [-0.2, 0) is 32.5 Å². The van der Waals surface area contributed by atoms with E-state index in [1.54, 1.807) is 11.3 Å². The Kier molecular flexibility index (Phi) is 5.32. The quantitative estimate of drug-likeness (QED) is 0.683. The molecule has 28 heavy (non-hydrogen) atoms. The summed E-state index contributed by atoms with van der Waals surface area (Å²) in [6.07, 6.45) is 1.69. The standard InChI is InChI=1S/C20H24N4O3S/c1-4-14-7-15(27-23-14)8-21-20(25)18-11-28-19-10-24(6-5-16(18)19)9-17-12(2)22-26-13(17)3/h7,11H,4-6,8-10H2,1-3H3,(H,21,25). The Balaban J connectivity index is 1.39. The molecule has 0 radical (unpaired) electrons. The van der Waals surface area contributed by atoms with Crippen LogP contribution in [0.4, 0.5) is 0 Å². The highest BCUT2D eigenvalue weighted by molar-refractivity contribution is 7.10. The molecule has 3 aromatic rings. The lowest BCUT2D eigenvalue weighted by molar-refractivity contribution is 0.0945. The normalized spacial score (nSPS) is 14.2. The molecule has 0 fully saturated rings. The molecule has 1 N–H and O–H groups in total. The van der Waals surface area contributed by atoms with Gasteiger partial charge in [-0.1, -0.05) is 17.2 Å². The zero-order valence-corrected chi connectivity index (χ0v) is 17.2. The molecule has 148 valence electrons. The molecule has 1 aliphatic heterocycles. The van der Waals surface area contributed by atoms with Gasteiger partial charge in [-0.15, -0.1) is 11.3 Å². The van der Waals surface area contributed by atoms with Crippen molar-refractivity contribution in [3.05, 3.63) is 55.9 Å². The molecule has 4 rings (SSSR count). The molecule has 1 amide bonds. The number of rotatable bonds is 6. The largest absolute Gasteiger partial charge is 0.361 e. The van der Waals surface area contributed by atoms with Crippen LogP contribution >= 0.6 is 11.3 Å². The van der Waals surface area contributed by atoms with Crippen molar-refractivity contribution < 1.29 is 13.8 Å². The summed E-state index contributed by atoms with van der Waals surface area (Å²) in [5.74, 6) is 1.51. The third-order valence-corrected chi connectivity index (χ3v) is 6.24. The molecular weight excluding hydrogens is 376 g/mol. The van der Waals surface area contributed by atoms with Crippen LogP contribution in [-0.4, -0.2) is 27.7 Å². The number of nitrogens with one attached hydrogen (secondary N) is 1. The van der Waals surface area contributed by atoms with Crippen LogP contribution in [0.1, 0.15) is 56.2 Å². The maximum Gasteiger partial charge on any atom is 0.252 e. The van der Waals surface area contributed by atoms with Crippen LogP contribution in [0.2, 0.25) is 0 Å². The van der Waals surface area contributed by atoms with E-state index in [9.17, 15) is 4.79 Å². The molecule has 3 aromatic heterocycles. The summed E-state index contributed by atoms with van der Waals surface area (Å²) in [6.45, 7) is 8.89. The molecular formula is C20H24N4O3S. The minimum absolute atomic E-state index is 0.0499. The SMILES string of the molecule is CCc1cc(CNC(=O)c2csc3c2CCN(Cc2c(C)noc2C)C3)on1. The smallest absolute Gasteiger partial charge is 0.252 e. The van der Waals surface area contributed by atoms with Crippen molar-refractivity contribution in [1.82, 2.24) is 20.5 Å². The van der Waals surface area contributed by atoms with Crippen molar-refractivity contribution in [3.8, 4) is 0 Å². The van der Waals surface area contributed by atoms with Crippen molar-refractivity contribution in [3.63, 3.8) is 0 Å². The number of amides is 1. The minimum atomic E-state index is -0.0499. The fraction of sp³-hybridized carbons (Fsp3) is 0.450.